The molecule has 8 heteroatoms. The van der Waals surface area contributed by atoms with Gasteiger partial charge in [0.05, 0.1) is 17.0 Å². The standard InChI is InChI=1S/C21H18ClFN4OS/c1-4-27(3)12-25-18-10-17(22)19(8-13(18)2)28-21-16(11-24)20(26-29-21)14-6-5-7-15(23)9-14/h5-10,12H,4H2,1-3H3. The predicted molar refractivity (Wildman–Crippen MR) is 115 cm³/mol. The molecule has 0 aliphatic carbocycles. The highest BCUT2D eigenvalue weighted by atomic mass is 35.5. The third-order valence-electron chi connectivity index (χ3n) is 4.22. The quantitative estimate of drug-likeness (QED) is 0.347. The summed E-state index contributed by atoms with van der Waals surface area (Å²) < 4.78 is 23.7. The largest absolute Gasteiger partial charge is 0.442 e. The van der Waals surface area contributed by atoms with Crippen LogP contribution in [-0.2, 0) is 0 Å². The first kappa shape index (κ1) is 20.8. The third-order valence-corrected chi connectivity index (χ3v) is 5.24. The molecule has 0 radical (unpaired) electrons. The van der Waals surface area contributed by atoms with Crippen LogP contribution in [0.1, 0.15) is 18.1 Å². The Kier molecular flexibility index (Phi) is 6.47. The minimum Gasteiger partial charge on any atom is -0.442 e. The van der Waals surface area contributed by atoms with E-state index < -0.39 is 5.82 Å². The van der Waals surface area contributed by atoms with E-state index in [-0.39, 0.29) is 5.56 Å². The Labute approximate surface area is 177 Å². The highest BCUT2D eigenvalue weighted by Gasteiger charge is 2.19. The summed E-state index contributed by atoms with van der Waals surface area (Å²) in [5, 5.41) is 10.3. The van der Waals surface area contributed by atoms with Gasteiger partial charge in [-0.2, -0.15) is 9.64 Å². The van der Waals surface area contributed by atoms with E-state index in [1.807, 2.05) is 25.8 Å². The fourth-order valence-electron chi connectivity index (χ4n) is 2.48. The van der Waals surface area contributed by atoms with E-state index in [4.69, 9.17) is 16.3 Å². The van der Waals surface area contributed by atoms with Gasteiger partial charge in [-0.15, -0.1) is 0 Å². The summed E-state index contributed by atoms with van der Waals surface area (Å²) in [5.41, 5.74) is 2.73. The second kappa shape index (κ2) is 9.03. The van der Waals surface area contributed by atoms with Crippen molar-refractivity contribution in [1.82, 2.24) is 9.27 Å². The number of hydrogen-bond acceptors (Lipinski definition) is 5. The minimum atomic E-state index is -0.398. The molecule has 0 amide bonds. The zero-order chi connectivity index (χ0) is 21.0. The van der Waals surface area contributed by atoms with E-state index in [0.717, 1.165) is 29.3 Å². The lowest BCUT2D eigenvalue weighted by atomic mass is 10.1. The smallest absolute Gasteiger partial charge is 0.218 e. The molecule has 0 N–H and O–H groups in total. The van der Waals surface area contributed by atoms with Crippen molar-refractivity contribution in [3.05, 3.63) is 58.4 Å². The normalized spacial score (nSPS) is 10.9. The molecular weight excluding hydrogens is 411 g/mol. The van der Waals surface area contributed by atoms with Crippen LogP contribution in [0.5, 0.6) is 10.8 Å². The zero-order valence-corrected chi connectivity index (χ0v) is 17.7. The molecule has 2 aromatic carbocycles. The van der Waals surface area contributed by atoms with Crippen molar-refractivity contribution in [2.45, 2.75) is 13.8 Å². The number of nitrogens with zero attached hydrogens (tertiary/aromatic N) is 4. The van der Waals surface area contributed by atoms with Crippen LogP contribution < -0.4 is 4.74 Å². The molecule has 0 aliphatic rings. The molecule has 0 atom stereocenters. The summed E-state index contributed by atoms with van der Waals surface area (Å²) in [6.07, 6.45) is 1.74. The zero-order valence-electron chi connectivity index (χ0n) is 16.1. The lowest BCUT2D eigenvalue weighted by Crippen LogP contribution is -2.14. The van der Waals surface area contributed by atoms with E-state index in [1.54, 1.807) is 30.6 Å². The monoisotopic (exact) mass is 428 g/mol. The first-order valence-electron chi connectivity index (χ1n) is 8.81. The number of benzene rings is 2. The summed E-state index contributed by atoms with van der Waals surface area (Å²) in [5.74, 6) is 0.00305. The van der Waals surface area contributed by atoms with Gasteiger partial charge in [-0.05, 0) is 43.7 Å². The van der Waals surface area contributed by atoms with Crippen molar-refractivity contribution in [2.24, 2.45) is 4.99 Å². The van der Waals surface area contributed by atoms with Crippen molar-refractivity contribution in [2.75, 3.05) is 13.6 Å². The molecule has 0 unspecified atom stereocenters. The van der Waals surface area contributed by atoms with Crippen LogP contribution in [-0.4, -0.2) is 29.2 Å². The molecule has 3 aromatic rings. The number of hydrogen-bond donors (Lipinski definition) is 0. The van der Waals surface area contributed by atoms with E-state index >= 15 is 0 Å². The summed E-state index contributed by atoms with van der Waals surface area (Å²) >= 11 is 7.40. The predicted octanol–water partition coefficient (Wildman–Crippen LogP) is 6.19. The van der Waals surface area contributed by atoms with Gasteiger partial charge in [-0.25, -0.2) is 9.38 Å². The molecule has 5 nitrogen and oxygen atoms in total. The van der Waals surface area contributed by atoms with Crippen molar-refractivity contribution in [3.63, 3.8) is 0 Å². The molecule has 0 fully saturated rings. The number of aromatic nitrogens is 1. The van der Waals surface area contributed by atoms with Crippen molar-refractivity contribution in [1.29, 1.82) is 5.26 Å². The number of rotatable bonds is 6. The van der Waals surface area contributed by atoms with Crippen molar-refractivity contribution >= 4 is 35.2 Å². The van der Waals surface area contributed by atoms with Gasteiger partial charge < -0.3 is 9.64 Å². The first-order chi connectivity index (χ1) is 13.9. The van der Waals surface area contributed by atoms with Gasteiger partial charge in [0, 0.05) is 30.7 Å². The Hall–Kier alpha value is -2.95. The average molecular weight is 429 g/mol. The Morgan fingerprint density at radius 2 is 2.17 bits per heavy atom. The van der Waals surface area contributed by atoms with Gasteiger partial charge in [-0.3, -0.25) is 0 Å². The number of ether oxygens (including phenoxy) is 1. The second-order valence-electron chi connectivity index (χ2n) is 6.30. The van der Waals surface area contributed by atoms with Crippen LogP contribution in [0.2, 0.25) is 5.02 Å². The molecule has 0 spiro atoms. The van der Waals surface area contributed by atoms with Crippen molar-refractivity contribution in [3.8, 4) is 28.1 Å². The maximum absolute atomic E-state index is 13.5. The first-order valence-corrected chi connectivity index (χ1v) is 9.96. The molecule has 3 rings (SSSR count). The summed E-state index contributed by atoms with van der Waals surface area (Å²) in [4.78, 5) is 6.38. The van der Waals surface area contributed by atoms with Gasteiger partial charge in [0.2, 0.25) is 5.06 Å². The maximum Gasteiger partial charge on any atom is 0.218 e. The Morgan fingerprint density at radius 3 is 2.86 bits per heavy atom. The van der Waals surface area contributed by atoms with Crippen LogP contribution >= 0.6 is 23.1 Å². The minimum absolute atomic E-state index is 0.237. The van der Waals surface area contributed by atoms with Crippen LogP contribution in [0, 0.1) is 24.1 Å². The Balaban J connectivity index is 1.92. The Morgan fingerprint density at radius 1 is 1.38 bits per heavy atom. The van der Waals surface area contributed by atoms with Gasteiger partial charge in [0.1, 0.15) is 28.9 Å². The molecule has 0 saturated carbocycles. The van der Waals surface area contributed by atoms with Gasteiger partial charge in [-0.1, -0.05) is 23.7 Å². The van der Waals surface area contributed by atoms with Crippen LogP contribution in [0.4, 0.5) is 10.1 Å². The highest BCUT2D eigenvalue weighted by Crippen LogP contribution is 2.40. The van der Waals surface area contributed by atoms with E-state index in [1.165, 1.54) is 12.1 Å². The van der Waals surface area contributed by atoms with Crippen LogP contribution in [0.3, 0.4) is 0 Å². The van der Waals surface area contributed by atoms with E-state index in [2.05, 4.69) is 15.4 Å². The summed E-state index contributed by atoms with van der Waals surface area (Å²) in [6, 6.07) is 11.5. The molecule has 0 aliphatic heterocycles. The maximum atomic E-state index is 13.5. The highest BCUT2D eigenvalue weighted by molar-refractivity contribution is 7.08. The van der Waals surface area contributed by atoms with E-state index in [9.17, 15) is 9.65 Å². The van der Waals surface area contributed by atoms with Gasteiger partial charge in [0.25, 0.3) is 0 Å². The molecule has 29 heavy (non-hydrogen) atoms. The number of nitriles is 1. The lowest BCUT2D eigenvalue weighted by Gasteiger charge is -2.11. The van der Waals surface area contributed by atoms with Crippen LogP contribution in [0.25, 0.3) is 11.3 Å². The lowest BCUT2D eigenvalue weighted by molar-refractivity contribution is 0.495. The fourth-order valence-corrected chi connectivity index (χ4v) is 3.41. The Bertz CT molecular complexity index is 1110. The number of aryl methyl sites for hydroxylation is 1. The van der Waals surface area contributed by atoms with Crippen LogP contribution in [0.15, 0.2) is 41.4 Å². The topological polar surface area (TPSA) is 61.5 Å². The molecule has 1 aromatic heterocycles. The SMILES string of the molecule is CCN(C)C=Nc1cc(Cl)c(Oc2snc(-c3cccc(F)c3)c2C#N)cc1C. The number of halogens is 2. The summed E-state index contributed by atoms with van der Waals surface area (Å²) in [6.45, 7) is 4.77. The van der Waals surface area contributed by atoms with Gasteiger partial charge >= 0.3 is 0 Å². The van der Waals surface area contributed by atoms with Crippen molar-refractivity contribution < 1.29 is 9.13 Å². The molecular formula is C21H18ClFN4OS. The number of aliphatic imine (C=N–C) groups is 1. The second-order valence-corrected chi connectivity index (χ2v) is 7.45. The third kappa shape index (κ3) is 4.73. The fraction of sp³-hybridized carbons (Fsp3) is 0.190. The molecule has 0 bridgehead atoms. The average Bonchev–Trinajstić information content (AvgIpc) is 3.11. The summed E-state index contributed by atoms with van der Waals surface area (Å²) in [7, 11) is 1.93. The van der Waals surface area contributed by atoms with E-state index in [0.29, 0.717) is 27.1 Å². The molecule has 148 valence electrons. The van der Waals surface area contributed by atoms with Gasteiger partial charge in [0.15, 0.2) is 0 Å². The molecule has 0 saturated heterocycles. The molecule has 1 heterocycles.